The molecular weight excluding hydrogens is 359 g/mol. The number of phenols is 2. The second-order valence-electron chi connectivity index (χ2n) is 8.03. The van der Waals surface area contributed by atoms with Crippen LogP contribution in [0, 0.1) is 0 Å². The Morgan fingerprint density at radius 1 is 0.704 bits per heavy atom. The van der Waals surface area contributed by atoms with Gasteiger partial charge in [0.15, 0.2) is 0 Å². The molecule has 27 heavy (non-hydrogen) atoms. The van der Waals surface area contributed by atoms with Crippen LogP contribution in [0.15, 0.2) is 18.2 Å². The summed E-state index contributed by atoms with van der Waals surface area (Å²) in [6, 6.07) is 4.83. The fraction of sp³-hybridized carbons (Fsp3) is 0.750. The summed E-state index contributed by atoms with van der Waals surface area (Å²) in [6.45, 7) is 4.41. The predicted molar refractivity (Wildman–Crippen MR) is 119 cm³/mol. The van der Waals surface area contributed by atoms with Crippen molar-refractivity contribution >= 4 is 51.4 Å². The van der Waals surface area contributed by atoms with Crippen LogP contribution in [0.4, 0.5) is 0 Å². The van der Waals surface area contributed by atoms with Crippen LogP contribution >= 0.6 is 0 Å². The van der Waals surface area contributed by atoms with Crippen molar-refractivity contribution in [2.75, 3.05) is 0 Å². The molecule has 1 aromatic rings. The van der Waals surface area contributed by atoms with E-state index < -0.39 is 0 Å². The van der Waals surface area contributed by atoms with Crippen LogP contribution in [-0.2, 0) is 0 Å². The number of phenolic OH excluding ortho intramolecular Hbond substituents is 2. The molecule has 2 nitrogen and oxygen atoms in total. The van der Waals surface area contributed by atoms with E-state index in [1.54, 1.807) is 12.1 Å². The van der Waals surface area contributed by atoms with Gasteiger partial charge in [0.25, 0.3) is 0 Å². The summed E-state index contributed by atoms with van der Waals surface area (Å²) in [6.07, 6.45) is 20.4. The summed E-state index contributed by atoms with van der Waals surface area (Å²) < 4.78 is 0. The third-order valence-electron chi connectivity index (χ3n) is 5.53. The largest absolute Gasteiger partial charge is 0.508 e. The van der Waals surface area contributed by atoms with E-state index in [0.717, 1.165) is 12.0 Å². The van der Waals surface area contributed by atoms with Crippen molar-refractivity contribution < 1.29 is 10.2 Å². The zero-order valence-corrected chi connectivity index (χ0v) is 21.4. The fourth-order valence-corrected chi connectivity index (χ4v) is 3.74. The van der Waals surface area contributed by atoms with Gasteiger partial charge in [0.2, 0.25) is 0 Å². The molecule has 0 spiro atoms. The van der Waals surface area contributed by atoms with E-state index in [9.17, 15) is 10.2 Å². The minimum absolute atomic E-state index is 0. The molecule has 1 atom stereocenters. The van der Waals surface area contributed by atoms with Crippen molar-refractivity contribution in [3.8, 4) is 11.5 Å². The Labute approximate surface area is 211 Å². The number of aromatic hydroxyl groups is 2. The van der Waals surface area contributed by atoms with Crippen molar-refractivity contribution in [3.63, 3.8) is 0 Å². The molecule has 1 rings (SSSR count). The fourth-order valence-electron chi connectivity index (χ4n) is 3.74. The molecule has 1 unspecified atom stereocenters. The predicted octanol–water partition coefficient (Wildman–Crippen LogP) is 7.69. The molecular formula is C24H42KO2. The maximum Gasteiger partial charge on any atom is 0.119 e. The Morgan fingerprint density at radius 3 is 1.63 bits per heavy atom. The van der Waals surface area contributed by atoms with Crippen LogP contribution in [0.25, 0.3) is 0 Å². The topological polar surface area (TPSA) is 40.5 Å². The van der Waals surface area contributed by atoms with Gasteiger partial charge in [-0.15, -0.1) is 0 Å². The number of rotatable bonds is 16. The monoisotopic (exact) mass is 401 g/mol. The molecule has 0 fully saturated rings. The Bertz CT molecular complexity index is 462. The summed E-state index contributed by atoms with van der Waals surface area (Å²) in [5.41, 5.74) is 0.875. The van der Waals surface area contributed by atoms with E-state index in [2.05, 4.69) is 13.8 Å². The summed E-state index contributed by atoms with van der Waals surface area (Å²) in [4.78, 5) is 0. The van der Waals surface area contributed by atoms with Gasteiger partial charge in [0, 0.05) is 56.9 Å². The van der Waals surface area contributed by atoms with E-state index in [4.69, 9.17) is 0 Å². The number of unbranched alkanes of at least 4 members (excludes halogenated alkanes) is 13. The van der Waals surface area contributed by atoms with E-state index in [1.807, 2.05) is 0 Å². The maximum absolute atomic E-state index is 9.91. The van der Waals surface area contributed by atoms with Gasteiger partial charge in [-0.2, -0.15) is 0 Å². The van der Waals surface area contributed by atoms with Crippen molar-refractivity contribution in [2.24, 2.45) is 0 Å². The van der Waals surface area contributed by atoms with Gasteiger partial charge < -0.3 is 10.2 Å². The minimum Gasteiger partial charge on any atom is -0.508 e. The van der Waals surface area contributed by atoms with Crippen LogP contribution in [0.1, 0.15) is 122 Å². The molecule has 1 aromatic carbocycles. The third-order valence-corrected chi connectivity index (χ3v) is 5.53. The molecule has 0 amide bonds. The van der Waals surface area contributed by atoms with Gasteiger partial charge in [0.1, 0.15) is 11.5 Å². The van der Waals surface area contributed by atoms with Crippen LogP contribution < -0.4 is 0 Å². The first-order chi connectivity index (χ1) is 12.6. The van der Waals surface area contributed by atoms with Gasteiger partial charge in [-0.25, -0.2) is 0 Å². The standard InChI is InChI=1S/C24H42O2.K/c1-3-4-5-6-7-8-9-10-11-12-13-14-15-16-17-21(2)23-20-22(25)18-19-24(23)26;/h18-21,25-26H,3-17H2,1-2H3;. The zero-order chi connectivity index (χ0) is 19.0. The molecule has 2 N–H and O–H groups in total. The molecule has 0 saturated heterocycles. The maximum atomic E-state index is 9.91. The Hall–Kier alpha value is 0.456. The Kier molecular flexibility index (Phi) is 18.8. The van der Waals surface area contributed by atoms with Crippen LogP contribution in [-0.4, -0.2) is 61.6 Å². The minimum atomic E-state index is 0. The SMILES string of the molecule is CCCCCCCCCCCCCCCCC(C)c1cc(O)ccc1O.[K]. The molecule has 0 aliphatic rings. The molecule has 0 aliphatic carbocycles. The first-order valence-corrected chi connectivity index (χ1v) is 11.2. The molecule has 3 heteroatoms. The average Bonchev–Trinajstić information content (AvgIpc) is 2.63. The number of hydrogen-bond donors (Lipinski definition) is 2. The van der Waals surface area contributed by atoms with Gasteiger partial charge in [-0.3, -0.25) is 0 Å². The second kappa shape index (κ2) is 18.5. The van der Waals surface area contributed by atoms with E-state index in [-0.39, 0.29) is 57.1 Å². The van der Waals surface area contributed by atoms with E-state index in [0.29, 0.717) is 11.7 Å². The molecule has 0 bridgehead atoms. The second-order valence-corrected chi connectivity index (χ2v) is 8.03. The zero-order valence-electron chi connectivity index (χ0n) is 18.3. The molecule has 1 radical (unpaired) electrons. The van der Waals surface area contributed by atoms with Crippen molar-refractivity contribution in [1.29, 1.82) is 0 Å². The molecule has 0 aliphatic heterocycles. The van der Waals surface area contributed by atoms with Crippen molar-refractivity contribution in [1.82, 2.24) is 0 Å². The summed E-state index contributed by atoms with van der Waals surface area (Å²) in [5.74, 6) is 0.852. The quantitative estimate of drug-likeness (QED) is 0.169. The molecule has 151 valence electrons. The van der Waals surface area contributed by atoms with Crippen molar-refractivity contribution in [2.45, 2.75) is 116 Å². The summed E-state index contributed by atoms with van der Waals surface area (Å²) in [7, 11) is 0. The average molecular weight is 402 g/mol. The van der Waals surface area contributed by atoms with Crippen LogP contribution in [0.2, 0.25) is 0 Å². The number of hydrogen-bond acceptors (Lipinski definition) is 2. The Morgan fingerprint density at radius 2 is 1.15 bits per heavy atom. The van der Waals surface area contributed by atoms with Gasteiger partial charge in [0.05, 0.1) is 0 Å². The van der Waals surface area contributed by atoms with Gasteiger partial charge >= 0.3 is 0 Å². The Balaban J connectivity index is 0.00000676. The molecule has 0 saturated carbocycles. The summed E-state index contributed by atoms with van der Waals surface area (Å²) >= 11 is 0. The van der Waals surface area contributed by atoms with Gasteiger partial charge in [-0.1, -0.05) is 104 Å². The smallest absolute Gasteiger partial charge is 0.119 e. The summed E-state index contributed by atoms with van der Waals surface area (Å²) in [5, 5.41) is 19.5. The molecule has 0 heterocycles. The normalized spacial score (nSPS) is 11.9. The van der Waals surface area contributed by atoms with E-state index >= 15 is 0 Å². The van der Waals surface area contributed by atoms with Crippen LogP contribution in [0.3, 0.4) is 0 Å². The van der Waals surface area contributed by atoms with E-state index in [1.165, 1.54) is 96.0 Å². The third kappa shape index (κ3) is 14.1. The first-order valence-electron chi connectivity index (χ1n) is 11.2. The van der Waals surface area contributed by atoms with Gasteiger partial charge in [-0.05, 0) is 30.5 Å². The first kappa shape index (κ1) is 27.5. The number of benzene rings is 1. The van der Waals surface area contributed by atoms with Crippen LogP contribution in [0.5, 0.6) is 11.5 Å². The van der Waals surface area contributed by atoms with Crippen molar-refractivity contribution in [3.05, 3.63) is 23.8 Å². The molecule has 0 aromatic heterocycles.